The van der Waals surface area contributed by atoms with Crippen LogP contribution in [0, 0.1) is 0 Å². The predicted octanol–water partition coefficient (Wildman–Crippen LogP) is 6.75. The van der Waals surface area contributed by atoms with Crippen molar-refractivity contribution in [3.8, 4) is 0 Å². The van der Waals surface area contributed by atoms with Crippen molar-refractivity contribution < 1.29 is 4.79 Å². The van der Waals surface area contributed by atoms with E-state index < -0.39 is 0 Å². The van der Waals surface area contributed by atoms with E-state index in [-0.39, 0.29) is 17.6 Å². The number of carbonyl (C=O) groups excluding carboxylic acids is 1. The van der Waals surface area contributed by atoms with Gasteiger partial charge in [-0.15, -0.1) is 0 Å². The van der Waals surface area contributed by atoms with Gasteiger partial charge in [-0.1, -0.05) is 121 Å². The average Bonchev–Trinajstić information content (AvgIpc) is 3.14. The summed E-state index contributed by atoms with van der Waals surface area (Å²) in [6.07, 6.45) is 0. The van der Waals surface area contributed by atoms with Crippen LogP contribution in [0.15, 0.2) is 121 Å². The number of carbonyl (C=O) groups is 1. The minimum atomic E-state index is -0.283. The van der Waals surface area contributed by atoms with E-state index in [9.17, 15) is 4.79 Å². The maximum Gasteiger partial charge on any atom is 0.156 e. The minimum Gasteiger partial charge on any atom is -0.298 e. The Morgan fingerprint density at radius 2 is 0.700 bits per heavy atom. The second-order valence-corrected chi connectivity index (χ2v) is 7.65. The van der Waals surface area contributed by atoms with Crippen molar-refractivity contribution in [2.75, 3.05) is 0 Å². The van der Waals surface area contributed by atoms with Crippen molar-refractivity contribution in [3.63, 3.8) is 0 Å². The highest BCUT2D eigenvalue weighted by atomic mass is 16.1. The molecule has 0 N–H and O–H groups in total. The summed E-state index contributed by atoms with van der Waals surface area (Å²) in [4.78, 5) is 14.0. The Morgan fingerprint density at radius 1 is 0.400 bits per heavy atom. The first-order valence-corrected chi connectivity index (χ1v) is 10.3. The Bertz CT molecular complexity index is 1080. The number of benzene rings is 4. The normalized spacial score (nSPS) is 18.6. The van der Waals surface area contributed by atoms with E-state index in [1.54, 1.807) is 0 Å². The number of hydrogen-bond donors (Lipinski definition) is 0. The molecular formula is C29H22O. The Morgan fingerprint density at radius 3 is 1.03 bits per heavy atom. The first kappa shape index (κ1) is 18.3. The molecule has 1 aliphatic carbocycles. The molecule has 4 aromatic rings. The van der Waals surface area contributed by atoms with Crippen molar-refractivity contribution in [2.45, 2.75) is 11.8 Å². The Hall–Kier alpha value is -3.71. The standard InChI is InChI=1S/C29H22O/c30-29-27(23-17-9-3-10-18-23)25(21-13-5-1-6-14-21)26(22-15-7-2-8-16-22)28(29)24-19-11-4-12-20-24/h1-20,27-28H. The first-order chi connectivity index (χ1) is 14.8. The molecule has 0 saturated heterocycles. The van der Waals surface area contributed by atoms with Crippen LogP contribution in [0.25, 0.3) is 11.1 Å². The van der Waals surface area contributed by atoms with Crippen LogP contribution in [0.2, 0.25) is 0 Å². The van der Waals surface area contributed by atoms with Gasteiger partial charge in [0.25, 0.3) is 0 Å². The summed E-state index contributed by atoms with van der Waals surface area (Å²) >= 11 is 0. The van der Waals surface area contributed by atoms with Crippen molar-refractivity contribution >= 4 is 16.9 Å². The lowest BCUT2D eigenvalue weighted by Crippen LogP contribution is -2.15. The van der Waals surface area contributed by atoms with E-state index in [1.807, 2.05) is 72.8 Å². The minimum absolute atomic E-state index is 0.241. The molecule has 4 aromatic carbocycles. The third-order valence-corrected chi connectivity index (χ3v) is 5.87. The number of rotatable bonds is 4. The van der Waals surface area contributed by atoms with Crippen LogP contribution in [0.3, 0.4) is 0 Å². The largest absolute Gasteiger partial charge is 0.298 e. The first-order valence-electron chi connectivity index (χ1n) is 10.3. The number of Topliss-reactive ketones (excluding diaryl/α,β-unsaturated/α-hetero) is 1. The molecule has 0 fully saturated rings. The molecule has 5 rings (SSSR count). The van der Waals surface area contributed by atoms with E-state index in [2.05, 4.69) is 48.5 Å². The Kier molecular flexibility index (Phi) is 4.86. The van der Waals surface area contributed by atoms with Crippen LogP contribution < -0.4 is 0 Å². The van der Waals surface area contributed by atoms with Gasteiger partial charge in [0, 0.05) is 0 Å². The third kappa shape index (κ3) is 3.19. The monoisotopic (exact) mass is 386 g/mol. The van der Waals surface area contributed by atoms with Crippen molar-refractivity contribution in [2.24, 2.45) is 0 Å². The van der Waals surface area contributed by atoms with Gasteiger partial charge in [-0.25, -0.2) is 0 Å². The summed E-state index contributed by atoms with van der Waals surface area (Å²) in [7, 11) is 0. The van der Waals surface area contributed by atoms with Gasteiger partial charge in [0.05, 0.1) is 11.8 Å². The van der Waals surface area contributed by atoms with Gasteiger partial charge in [-0.3, -0.25) is 4.79 Å². The van der Waals surface area contributed by atoms with Crippen molar-refractivity contribution in [1.29, 1.82) is 0 Å². The van der Waals surface area contributed by atoms with Crippen LogP contribution in [-0.2, 0) is 4.79 Å². The molecule has 1 nitrogen and oxygen atoms in total. The zero-order valence-corrected chi connectivity index (χ0v) is 16.6. The van der Waals surface area contributed by atoms with E-state index in [4.69, 9.17) is 0 Å². The SMILES string of the molecule is O=C1C(c2ccccc2)C(c2ccccc2)=C(c2ccccc2)C1c1ccccc1. The smallest absolute Gasteiger partial charge is 0.156 e. The molecule has 0 spiro atoms. The summed E-state index contributed by atoms with van der Waals surface area (Å²) in [5.41, 5.74) is 6.55. The van der Waals surface area contributed by atoms with Crippen LogP contribution in [0.4, 0.5) is 0 Å². The molecule has 0 amide bonds. The molecule has 2 unspecified atom stereocenters. The summed E-state index contributed by atoms with van der Waals surface area (Å²) in [5.74, 6) is -0.326. The van der Waals surface area contributed by atoms with Gasteiger partial charge in [0.1, 0.15) is 0 Å². The third-order valence-electron chi connectivity index (χ3n) is 5.87. The molecule has 1 heteroatoms. The zero-order valence-electron chi connectivity index (χ0n) is 16.6. The highest BCUT2D eigenvalue weighted by Crippen LogP contribution is 2.53. The fourth-order valence-corrected chi connectivity index (χ4v) is 4.59. The number of hydrogen-bond acceptors (Lipinski definition) is 1. The van der Waals surface area contributed by atoms with E-state index in [0.717, 1.165) is 33.4 Å². The van der Waals surface area contributed by atoms with Gasteiger partial charge in [0.2, 0.25) is 0 Å². The lowest BCUT2D eigenvalue weighted by molar-refractivity contribution is -0.119. The van der Waals surface area contributed by atoms with Gasteiger partial charge in [-0.05, 0) is 33.4 Å². The van der Waals surface area contributed by atoms with Gasteiger partial charge < -0.3 is 0 Å². The molecule has 1 aliphatic rings. The molecule has 0 aromatic heterocycles. The van der Waals surface area contributed by atoms with E-state index in [1.165, 1.54) is 0 Å². The highest BCUT2D eigenvalue weighted by molar-refractivity contribution is 6.21. The molecule has 0 bridgehead atoms. The molecule has 0 radical (unpaired) electrons. The molecule has 0 heterocycles. The topological polar surface area (TPSA) is 17.1 Å². The highest BCUT2D eigenvalue weighted by Gasteiger charge is 2.43. The lowest BCUT2D eigenvalue weighted by Gasteiger charge is -2.16. The van der Waals surface area contributed by atoms with Gasteiger partial charge >= 0.3 is 0 Å². The molecular weight excluding hydrogens is 364 g/mol. The summed E-state index contributed by atoms with van der Waals surface area (Å²) in [6, 6.07) is 41.1. The predicted molar refractivity (Wildman–Crippen MR) is 123 cm³/mol. The van der Waals surface area contributed by atoms with Crippen molar-refractivity contribution in [1.82, 2.24) is 0 Å². The fraction of sp³-hybridized carbons (Fsp3) is 0.0690. The van der Waals surface area contributed by atoms with Gasteiger partial charge in [0.15, 0.2) is 5.78 Å². The molecule has 30 heavy (non-hydrogen) atoms. The zero-order chi connectivity index (χ0) is 20.3. The average molecular weight is 386 g/mol. The molecule has 144 valence electrons. The second kappa shape index (κ2) is 7.96. The summed E-state index contributed by atoms with van der Waals surface area (Å²) in [5, 5.41) is 0. The van der Waals surface area contributed by atoms with E-state index in [0.29, 0.717) is 0 Å². The Labute approximate surface area is 177 Å². The quantitative estimate of drug-likeness (QED) is 0.379. The van der Waals surface area contributed by atoms with Crippen LogP contribution >= 0.6 is 0 Å². The van der Waals surface area contributed by atoms with Crippen LogP contribution in [-0.4, -0.2) is 5.78 Å². The number of allylic oxidation sites excluding steroid dienone is 2. The van der Waals surface area contributed by atoms with Crippen molar-refractivity contribution in [3.05, 3.63) is 144 Å². The van der Waals surface area contributed by atoms with E-state index >= 15 is 0 Å². The maximum absolute atomic E-state index is 14.0. The number of ketones is 1. The maximum atomic E-state index is 14.0. The van der Waals surface area contributed by atoms with Crippen LogP contribution in [0.5, 0.6) is 0 Å². The second-order valence-electron chi connectivity index (χ2n) is 7.65. The van der Waals surface area contributed by atoms with Gasteiger partial charge in [-0.2, -0.15) is 0 Å². The Balaban J connectivity index is 1.83. The summed E-state index contributed by atoms with van der Waals surface area (Å²) in [6.45, 7) is 0. The lowest BCUT2D eigenvalue weighted by atomic mass is 9.86. The fourth-order valence-electron chi connectivity index (χ4n) is 4.59. The molecule has 2 atom stereocenters. The van der Waals surface area contributed by atoms with Crippen LogP contribution in [0.1, 0.15) is 34.1 Å². The molecule has 0 saturated carbocycles. The summed E-state index contributed by atoms with van der Waals surface area (Å²) < 4.78 is 0. The molecule has 0 aliphatic heterocycles.